The van der Waals surface area contributed by atoms with Crippen LogP contribution in [0.25, 0.3) is 0 Å². The highest BCUT2D eigenvalue weighted by atomic mass is 28.4. The molecule has 2 N–H and O–H groups in total. The first-order valence-corrected chi connectivity index (χ1v) is 18.9. The summed E-state index contributed by atoms with van der Waals surface area (Å²) in [6.45, 7) is 12.0. The third kappa shape index (κ3) is 6.78. The van der Waals surface area contributed by atoms with Crippen LogP contribution in [0, 0.1) is 6.92 Å². The number of methoxy groups -OCH3 is 2. The van der Waals surface area contributed by atoms with Gasteiger partial charge < -0.3 is 28.5 Å². The van der Waals surface area contributed by atoms with Gasteiger partial charge in [0.15, 0.2) is 14.5 Å². The zero-order valence-corrected chi connectivity index (χ0v) is 29.9. The van der Waals surface area contributed by atoms with E-state index in [9.17, 15) is 14.7 Å². The third-order valence-electron chi connectivity index (χ3n) is 9.61. The standard InChI is InChI=1S/C37H46N2O8Si/c1-24-22-39(35(42)38-33(24)41)34-32(47-48(7,8)36(2,3)4)31(40)30(46-34)23-45-37(25-12-10-9-11-13-25,26-14-18-28(43-5)19-15-26)27-16-20-29(44-6)21-17-27/h9-22,30-32,34,40H,23H2,1-8H3,(H,38,41,42)/t30-,31-,32-,34-/m1/s1. The molecule has 0 bridgehead atoms. The van der Waals surface area contributed by atoms with Crippen LogP contribution < -0.4 is 20.7 Å². The monoisotopic (exact) mass is 674 g/mol. The molecule has 11 heteroatoms. The SMILES string of the molecule is COc1ccc(C(OC[C@H]2O[C@@H](n3cc(C)c(=O)[nH]c3=O)[C@H](O[Si](C)(C)C(C)(C)C)[C@@H]2O)(c2ccccc2)c2ccc(OC)cc2)cc1. The van der Waals surface area contributed by atoms with E-state index in [2.05, 4.69) is 38.8 Å². The van der Waals surface area contributed by atoms with Crippen LogP contribution in [-0.4, -0.2) is 62.1 Å². The van der Waals surface area contributed by atoms with Gasteiger partial charge in [-0.2, -0.15) is 0 Å². The molecule has 5 rings (SSSR count). The largest absolute Gasteiger partial charge is 0.497 e. The first kappa shape index (κ1) is 35.3. The number of benzene rings is 3. The summed E-state index contributed by atoms with van der Waals surface area (Å²) in [6, 6.07) is 25.2. The lowest BCUT2D eigenvalue weighted by atomic mass is 9.80. The average molecular weight is 675 g/mol. The number of aliphatic hydroxyl groups is 1. The molecular weight excluding hydrogens is 628 g/mol. The van der Waals surface area contributed by atoms with Crippen molar-refractivity contribution in [2.75, 3.05) is 20.8 Å². The molecule has 4 aromatic rings. The first-order valence-electron chi connectivity index (χ1n) is 16.0. The molecule has 3 aromatic carbocycles. The minimum absolute atomic E-state index is 0.0704. The van der Waals surface area contributed by atoms with Crippen LogP contribution >= 0.6 is 0 Å². The molecule has 1 saturated heterocycles. The zero-order chi connectivity index (χ0) is 34.9. The van der Waals surface area contributed by atoms with Crippen LogP contribution in [0.2, 0.25) is 18.1 Å². The van der Waals surface area contributed by atoms with Crippen LogP contribution in [0.4, 0.5) is 0 Å². The van der Waals surface area contributed by atoms with Crippen LogP contribution in [0.15, 0.2) is 94.6 Å². The van der Waals surface area contributed by atoms with Gasteiger partial charge in [-0.1, -0.05) is 75.4 Å². The number of ether oxygens (including phenoxy) is 4. The van der Waals surface area contributed by atoms with Crippen molar-refractivity contribution in [3.8, 4) is 11.5 Å². The maximum atomic E-state index is 13.1. The van der Waals surface area contributed by atoms with E-state index in [-0.39, 0.29) is 11.6 Å². The average Bonchev–Trinajstić information content (AvgIpc) is 3.37. The predicted octanol–water partition coefficient (Wildman–Crippen LogP) is 5.52. The highest BCUT2D eigenvalue weighted by molar-refractivity contribution is 6.74. The Labute approximate surface area is 282 Å². The number of rotatable bonds is 11. The van der Waals surface area contributed by atoms with E-state index in [1.807, 2.05) is 78.9 Å². The molecule has 1 aliphatic heterocycles. The molecule has 0 aliphatic carbocycles. The second kappa shape index (κ2) is 13.8. The van der Waals surface area contributed by atoms with Crippen molar-refractivity contribution < 1.29 is 28.5 Å². The van der Waals surface area contributed by atoms with Gasteiger partial charge in [0.1, 0.15) is 35.4 Å². The minimum Gasteiger partial charge on any atom is -0.497 e. The van der Waals surface area contributed by atoms with Crippen molar-refractivity contribution >= 4 is 8.32 Å². The van der Waals surface area contributed by atoms with Gasteiger partial charge in [0, 0.05) is 11.8 Å². The van der Waals surface area contributed by atoms with Gasteiger partial charge in [-0.25, -0.2) is 4.79 Å². The van der Waals surface area contributed by atoms with Gasteiger partial charge >= 0.3 is 5.69 Å². The molecule has 0 amide bonds. The Morgan fingerprint density at radius 3 is 1.88 bits per heavy atom. The van der Waals surface area contributed by atoms with Crippen molar-refractivity contribution in [2.24, 2.45) is 0 Å². The smallest absolute Gasteiger partial charge is 0.330 e. The second-order valence-corrected chi connectivity index (χ2v) is 18.4. The molecule has 4 atom stereocenters. The molecule has 0 saturated carbocycles. The van der Waals surface area contributed by atoms with Crippen molar-refractivity contribution in [3.05, 3.63) is 128 Å². The third-order valence-corrected chi connectivity index (χ3v) is 14.1. The van der Waals surface area contributed by atoms with Crippen LogP contribution in [-0.2, 0) is 19.5 Å². The molecule has 0 unspecified atom stereocenters. The molecule has 48 heavy (non-hydrogen) atoms. The van der Waals surface area contributed by atoms with Gasteiger partial charge in [-0.15, -0.1) is 0 Å². The maximum absolute atomic E-state index is 13.1. The Bertz CT molecular complexity index is 1750. The van der Waals surface area contributed by atoms with E-state index in [1.165, 1.54) is 10.8 Å². The lowest BCUT2D eigenvalue weighted by Gasteiger charge is -2.40. The lowest BCUT2D eigenvalue weighted by molar-refractivity contribution is -0.0957. The van der Waals surface area contributed by atoms with E-state index in [1.54, 1.807) is 21.1 Å². The fraction of sp³-hybridized carbons (Fsp3) is 0.405. The van der Waals surface area contributed by atoms with Crippen molar-refractivity contribution in [1.82, 2.24) is 9.55 Å². The van der Waals surface area contributed by atoms with Crippen LogP contribution in [0.5, 0.6) is 11.5 Å². The fourth-order valence-electron chi connectivity index (χ4n) is 5.78. The minimum atomic E-state index is -2.49. The number of aromatic nitrogens is 2. The highest BCUT2D eigenvalue weighted by Gasteiger charge is 2.51. The second-order valence-electron chi connectivity index (χ2n) is 13.7. The summed E-state index contributed by atoms with van der Waals surface area (Å²) >= 11 is 0. The zero-order valence-electron chi connectivity index (χ0n) is 28.9. The van der Waals surface area contributed by atoms with Gasteiger partial charge in [-0.05, 0) is 66.0 Å². The van der Waals surface area contributed by atoms with Gasteiger partial charge in [0.25, 0.3) is 5.56 Å². The fourth-order valence-corrected chi connectivity index (χ4v) is 7.07. The summed E-state index contributed by atoms with van der Waals surface area (Å²) in [5.41, 5.74) is 0.552. The van der Waals surface area contributed by atoms with Gasteiger partial charge in [0.2, 0.25) is 0 Å². The lowest BCUT2D eigenvalue weighted by Crippen LogP contribution is -2.50. The number of aryl methyl sites for hydroxylation is 1. The first-order chi connectivity index (χ1) is 22.7. The molecule has 256 valence electrons. The molecule has 0 radical (unpaired) electrons. The van der Waals surface area contributed by atoms with Crippen LogP contribution in [0.3, 0.4) is 0 Å². The Morgan fingerprint density at radius 1 is 0.854 bits per heavy atom. The van der Waals surface area contributed by atoms with Gasteiger partial charge in [-0.3, -0.25) is 14.3 Å². The summed E-state index contributed by atoms with van der Waals surface area (Å²) < 4.78 is 32.5. The number of H-pyrrole nitrogens is 1. The number of aromatic amines is 1. The molecule has 10 nitrogen and oxygen atoms in total. The normalized spacial score (nSPS) is 20.1. The van der Waals surface area contributed by atoms with Crippen molar-refractivity contribution in [3.63, 3.8) is 0 Å². The van der Waals surface area contributed by atoms with Gasteiger partial charge in [0.05, 0.1) is 20.8 Å². The van der Waals surface area contributed by atoms with E-state index in [0.29, 0.717) is 17.1 Å². The molecule has 2 heterocycles. The molecular formula is C37H46N2O8Si. The Kier molecular flexibility index (Phi) is 10.2. The molecule has 1 fully saturated rings. The Balaban J connectivity index is 1.60. The van der Waals surface area contributed by atoms with Crippen molar-refractivity contribution in [1.29, 1.82) is 0 Å². The summed E-state index contributed by atoms with van der Waals surface area (Å²) in [6.07, 6.45) is -2.53. The van der Waals surface area contributed by atoms with E-state index >= 15 is 0 Å². The van der Waals surface area contributed by atoms with Crippen LogP contribution in [0.1, 0.15) is 49.3 Å². The number of nitrogens with zero attached hydrogens (tertiary/aromatic N) is 1. The number of hydrogen-bond donors (Lipinski definition) is 2. The van der Waals surface area contributed by atoms with E-state index in [0.717, 1.165) is 16.7 Å². The van der Waals surface area contributed by atoms with E-state index < -0.39 is 49.7 Å². The van der Waals surface area contributed by atoms with E-state index in [4.69, 9.17) is 23.4 Å². The summed E-state index contributed by atoms with van der Waals surface area (Å²) in [5.74, 6) is 1.39. The quantitative estimate of drug-likeness (QED) is 0.158. The van der Waals surface area contributed by atoms with Crippen molar-refractivity contribution in [2.45, 2.75) is 76.0 Å². The highest BCUT2D eigenvalue weighted by Crippen LogP contribution is 2.45. The molecule has 1 aromatic heterocycles. The molecule has 1 aliphatic rings. The number of hydrogen-bond acceptors (Lipinski definition) is 8. The number of aliphatic hydroxyl groups excluding tert-OH is 1. The maximum Gasteiger partial charge on any atom is 0.330 e. The topological polar surface area (TPSA) is 121 Å². The Morgan fingerprint density at radius 2 is 1.38 bits per heavy atom. The number of nitrogens with one attached hydrogen (secondary N) is 1. The summed E-state index contributed by atoms with van der Waals surface area (Å²) in [5, 5.41) is 11.7. The molecule has 0 spiro atoms. The predicted molar refractivity (Wildman–Crippen MR) is 186 cm³/mol. The summed E-state index contributed by atoms with van der Waals surface area (Å²) in [4.78, 5) is 27.7. The summed E-state index contributed by atoms with van der Waals surface area (Å²) in [7, 11) is 0.749. The Hall–Kier alpha value is -4.00.